The highest BCUT2D eigenvalue weighted by Gasteiger charge is 2.74. The van der Waals surface area contributed by atoms with Crippen LogP contribution in [0.5, 0.6) is 0 Å². The molecular weight excluding hydrogens is 560 g/mol. The molecule has 2 bridgehead atoms. The Labute approximate surface area is 250 Å². The molecule has 1 saturated heterocycles. The number of aliphatic hydroxyl groups excluding tert-OH is 1. The van der Waals surface area contributed by atoms with E-state index in [4.69, 9.17) is 18.9 Å². The number of carbonyl (C=O) groups is 5. The predicted octanol–water partition coefficient (Wildman–Crippen LogP) is 2.48. The number of carbonyl (C=O) groups excluding carboxylic acids is 5. The fourth-order valence-electron chi connectivity index (χ4n) is 8.77. The SMILES string of the molecule is CC=C(C)C(=O)O[C@H]1C(C)(C)[C@H](CC(=O)OC)[C@]2(C)C(=O)[C@@]1(O)C=C1[C@H]2CC[C@]2(C)[C@H]1CC(=O)O[C@H]2C1=C[C@@H](O)OC1=O. The molecule has 2 N–H and O–H groups in total. The molecule has 0 spiro atoms. The van der Waals surface area contributed by atoms with Gasteiger partial charge in [-0.1, -0.05) is 39.3 Å². The molecule has 9 atom stereocenters. The zero-order valence-corrected chi connectivity index (χ0v) is 25.6. The number of ketones is 1. The van der Waals surface area contributed by atoms with Crippen molar-refractivity contribution in [2.24, 2.45) is 34.0 Å². The summed E-state index contributed by atoms with van der Waals surface area (Å²) in [6.07, 6.45) is 1.03. The van der Waals surface area contributed by atoms with Crippen molar-refractivity contribution in [3.05, 3.63) is 34.9 Å². The molecule has 2 aliphatic heterocycles. The normalized spacial score (nSPS) is 41.6. The zero-order chi connectivity index (χ0) is 31.9. The summed E-state index contributed by atoms with van der Waals surface area (Å²) < 4.78 is 21.6. The van der Waals surface area contributed by atoms with Crippen LogP contribution in [0.3, 0.4) is 0 Å². The molecule has 3 aliphatic carbocycles. The lowest BCUT2D eigenvalue weighted by molar-refractivity contribution is -0.223. The first-order valence-electron chi connectivity index (χ1n) is 14.7. The number of esters is 4. The third kappa shape index (κ3) is 4.33. The molecule has 0 unspecified atom stereocenters. The fourth-order valence-corrected chi connectivity index (χ4v) is 8.77. The number of allylic oxidation sites excluding steroid dienone is 2. The van der Waals surface area contributed by atoms with Crippen molar-refractivity contribution in [3.8, 4) is 0 Å². The van der Waals surface area contributed by atoms with E-state index in [2.05, 4.69) is 0 Å². The Morgan fingerprint density at radius 1 is 1.12 bits per heavy atom. The molecule has 234 valence electrons. The summed E-state index contributed by atoms with van der Waals surface area (Å²) in [5.41, 5.74) is -4.53. The Hall–Kier alpha value is -3.31. The molecule has 0 radical (unpaired) electrons. The van der Waals surface area contributed by atoms with Crippen molar-refractivity contribution in [2.75, 3.05) is 7.11 Å². The number of hydrogen-bond acceptors (Lipinski definition) is 11. The maximum atomic E-state index is 14.5. The van der Waals surface area contributed by atoms with E-state index in [9.17, 15) is 34.2 Å². The third-order valence-corrected chi connectivity index (χ3v) is 11.1. The topological polar surface area (TPSA) is 163 Å². The van der Waals surface area contributed by atoms with E-state index in [1.54, 1.807) is 40.7 Å². The number of methoxy groups -OCH3 is 1. The molecule has 11 nitrogen and oxygen atoms in total. The molecule has 3 fully saturated rings. The lowest BCUT2D eigenvalue weighted by atomic mass is 9.39. The Morgan fingerprint density at radius 2 is 1.79 bits per heavy atom. The average Bonchev–Trinajstić information content (AvgIpc) is 3.28. The van der Waals surface area contributed by atoms with Crippen molar-refractivity contribution >= 4 is 29.7 Å². The van der Waals surface area contributed by atoms with Crippen LogP contribution in [0.1, 0.15) is 67.2 Å². The largest absolute Gasteiger partial charge is 0.469 e. The molecule has 5 aliphatic rings. The maximum absolute atomic E-state index is 14.5. The molecule has 0 aromatic heterocycles. The standard InChI is InChI=1S/C32H40O11/c1-8-15(2)25(36)43-28-29(3,4)20(13-21(33)40-7)31(6)18-9-10-30(5)19(17(18)14-32(28,39)27(31)38)12-23(35)41-24(30)16-11-22(34)42-26(16)37/h8,11,14,18-20,22,24,28,34,39H,9-10,12-13H2,1-7H3/t18-,19+,20+,22+,24+,28+,30-,31-,32+/m1/s1. The van der Waals surface area contributed by atoms with Gasteiger partial charge in [-0.2, -0.15) is 0 Å². The molecule has 0 amide bonds. The van der Waals surface area contributed by atoms with Gasteiger partial charge in [0.25, 0.3) is 0 Å². The second kappa shape index (κ2) is 10.1. The Bertz CT molecular complexity index is 1390. The third-order valence-electron chi connectivity index (χ3n) is 11.1. The van der Waals surface area contributed by atoms with Gasteiger partial charge < -0.3 is 29.2 Å². The number of Topliss-reactive ketones (excluding diaryl/α,β-unsaturated/α-hetero) is 1. The molecule has 0 aromatic rings. The first-order chi connectivity index (χ1) is 20.0. The summed E-state index contributed by atoms with van der Waals surface area (Å²) >= 11 is 0. The van der Waals surface area contributed by atoms with Gasteiger partial charge in [0, 0.05) is 28.2 Å². The summed E-state index contributed by atoms with van der Waals surface area (Å²) in [7, 11) is 1.26. The van der Waals surface area contributed by atoms with Crippen molar-refractivity contribution in [3.63, 3.8) is 0 Å². The van der Waals surface area contributed by atoms with E-state index in [0.717, 1.165) is 0 Å². The van der Waals surface area contributed by atoms with Gasteiger partial charge in [0.2, 0.25) is 6.29 Å². The van der Waals surface area contributed by atoms with E-state index in [1.165, 1.54) is 19.3 Å². The van der Waals surface area contributed by atoms with Crippen molar-refractivity contribution in [1.29, 1.82) is 0 Å². The quantitative estimate of drug-likeness (QED) is 0.206. The number of hydrogen-bond donors (Lipinski definition) is 2. The van der Waals surface area contributed by atoms with Crippen LogP contribution in [0.4, 0.5) is 0 Å². The van der Waals surface area contributed by atoms with Gasteiger partial charge in [-0.15, -0.1) is 0 Å². The summed E-state index contributed by atoms with van der Waals surface area (Å²) in [5, 5.41) is 22.3. The van der Waals surface area contributed by atoms with Gasteiger partial charge in [-0.3, -0.25) is 14.4 Å². The number of fused-ring (bicyclic) bond motifs is 6. The molecule has 11 heteroatoms. The van der Waals surface area contributed by atoms with Gasteiger partial charge in [-0.05, 0) is 56.6 Å². The van der Waals surface area contributed by atoms with Crippen LogP contribution in [0.15, 0.2) is 34.9 Å². The first-order valence-corrected chi connectivity index (χ1v) is 14.7. The minimum atomic E-state index is -2.27. The van der Waals surface area contributed by atoms with E-state index < -0.39 is 87.8 Å². The maximum Gasteiger partial charge on any atom is 0.340 e. The first kappa shape index (κ1) is 31.1. The van der Waals surface area contributed by atoms with Crippen LogP contribution in [-0.4, -0.2) is 71.1 Å². The van der Waals surface area contributed by atoms with E-state index >= 15 is 0 Å². The van der Waals surface area contributed by atoms with E-state index in [1.807, 2.05) is 6.92 Å². The monoisotopic (exact) mass is 600 g/mol. The van der Waals surface area contributed by atoms with Crippen molar-refractivity contribution < 1.29 is 53.1 Å². The summed E-state index contributed by atoms with van der Waals surface area (Å²) in [5.74, 6) is -4.92. The number of cyclic esters (lactones) is 2. The predicted molar refractivity (Wildman–Crippen MR) is 148 cm³/mol. The highest BCUT2D eigenvalue weighted by Crippen LogP contribution is 2.68. The second-order valence-corrected chi connectivity index (χ2v) is 13.6. The van der Waals surface area contributed by atoms with Gasteiger partial charge in [0.15, 0.2) is 11.4 Å². The van der Waals surface area contributed by atoms with Gasteiger partial charge >= 0.3 is 23.9 Å². The summed E-state index contributed by atoms with van der Waals surface area (Å²) in [6.45, 7) is 10.4. The molecule has 5 rings (SSSR count). The van der Waals surface area contributed by atoms with E-state index in [0.29, 0.717) is 18.4 Å². The smallest absolute Gasteiger partial charge is 0.340 e. The Kier molecular flexibility index (Phi) is 7.33. The molecule has 2 heterocycles. The van der Waals surface area contributed by atoms with Crippen LogP contribution < -0.4 is 0 Å². The molecule has 0 aromatic carbocycles. The Morgan fingerprint density at radius 3 is 2.37 bits per heavy atom. The molecule has 2 saturated carbocycles. The van der Waals surface area contributed by atoms with Crippen LogP contribution in [-0.2, 0) is 42.9 Å². The minimum absolute atomic E-state index is 0.0439. The van der Waals surface area contributed by atoms with Crippen LogP contribution in [0.2, 0.25) is 0 Å². The number of ether oxygens (including phenoxy) is 4. The fraction of sp³-hybridized carbons (Fsp3) is 0.656. The van der Waals surface area contributed by atoms with Crippen LogP contribution >= 0.6 is 0 Å². The van der Waals surface area contributed by atoms with Crippen LogP contribution in [0.25, 0.3) is 0 Å². The summed E-state index contributed by atoms with van der Waals surface area (Å²) in [6, 6.07) is 0. The minimum Gasteiger partial charge on any atom is -0.469 e. The van der Waals surface area contributed by atoms with Gasteiger partial charge in [0.05, 0.1) is 19.1 Å². The van der Waals surface area contributed by atoms with Crippen molar-refractivity contribution in [1.82, 2.24) is 0 Å². The zero-order valence-electron chi connectivity index (χ0n) is 25.6. The second-order valence-electron chi connectivity index (χ2n) is 13.6. The average molecular weight is 601 g/mol. The lowest BCUT2D eigenvalue weighted by Gasteiger charge is -2.65. The van der Waals surface area contributed by atoms with Crippen molar-refractivity contribution in [2.45, 2.75) is 91.3 Å². The highest BCUT2D eigenvalue weighted by atomic mass is 16.6. The molecule has 43 heavy (non-hydrogen) atoms. The van der Waals surface area contributed by atoms with Gasteiger partial charge in [-0.25, -0.2) is 9.59 Å². The highest BCUT2D eigenvalue weighted by molar-refractivity contribution is 6.00. The lowest BCUT2D eigenvalue weighted by Crippen LogP contribution is -2.74. The van der Waals surface area contributed by atoms with Crippen LogP contribution in [0, 0.1) is 34.0 Å². The van der Waals surface area contributed by atoms with E-state index in [-0.39, 0.29) is 24.0 Å². The molecular formula is C32H40O11. The summed E-state index contributed by atoms with van der Waals surface area (Å²) in [4.78, 5) is 66.1. The van der Waals surface area contributed by atoms with Gasteiger partial charge in [0.1, 0.15) is 12.2 Å². The number of rotatable bonds is 5. The number of aliphatic hydroxyl groups is 2. The Balaban J connectivity index is 1.70.